The molecule has 2 aromatic carbocycles. The van der Waals surface area contributed by atoms with E-state index >= 15 is 0 Å². The molecule has 3 rings (SSSR count). The third-order valence-corrected chi connectivity index (χ3v) is 4.61. The van der Waals surface area contributed by atoms with Crippen molar-refractivity contribution in [2.45, 2.75) is 26.3 Å². The van der Waals surface area contributed by atoms with E-state index in [4.69, 9.17) is 16.3 Å². The fourth-order valence-corrected chi connectivity index (χ4v) is 2.83. The lowest BCUT2D eigenvalue weighted by molar-refractivity contribution is 0.0931. The van der Waals surface area contributed by atoms with Crippen LogP contribution in [-0.4, -0.2) is 28.8 Å². The minimum atomic E-state index is -0.170. The molecule has 1 heterocycles. The van der Waals surface area contributed by atoms with Gasteiger partial charge in [-0.05, 0) is 61.9 Å². The van der Waals surface area contributed by atoms with Crippen LogP contribution < -0.4 is 10.1 Å². The summed E-state index contributed by atoms with van der Waals surface area (Å²) in [7, 11) is 1.63. The summed E-state index contributed by atoms with van der Waals surface area (Å²) in [6.45, 7) is 4.00. The number of amides is 1. The van der Waals surface area contributed by atoms with Crippen LogP contribution in [0.2, 0.25) is 5.02 Å². The number of aromatic nitrogens is 2. The predicted molar refractivity (Wildman–Crippen MR) is 108 cm³/mol. The Bertz CT molecular complexity index is 935. The van der Waals surface area contributed by atoms with Gasteiger partial charge in [0.05, 0.1) is 18.5 Å². The molecule has 1 N–H and O–H groups in total. The van der Waals surface area contributed by atoms with Crippen LogP contribution in [0.5, 0.6) is 5.75 Å². The maximum atomic E-state index is 12.8. The van der Waals surface area contributed by atoms with Crippen LogP contribution in [0.4, 0.5) is 0 Å². The number of benzene rings is 2. The Kier molecular flexibility index (Phi) is 5.81. The van der Waals surface area contributed by atoms with E-state index in [1.54, 1.807) is 30.0 Å². The van der Waals surface area contributed by atoms with Crippen LogP contribution >= 0.6 is 11.6 Å². The Balaban J connectivity index is 2.06. The lowest BCUT2D eigenvalue weighted by Gasteiger charge is -2.12. The van der Waals surface area contributed by atoms with Crippen LogP contribution in [0.15, 0.2) is 54.6 Å². The summed E-state index contributed by atoms with van der Waals surface area (Å²) in [6.07, 6.45) is 0.850. The van der Waals surface area contributed by atoms with Gasteiger partial charge in [0.2, 0.25) is 0 Å². The molecule has 1 amide bonds. The molecule has 0 spiro atoms. The van der Waals surface area contributed by atoms with Crippen molar-refractivity contribution < 1.29 is 9.53 Å². The topological polar surface area (TPSA) is 56.1 Å². The Morgan fingerprint density at radius 2 is 1.96 bits per heavy atom. The molecule has 0 aliphatic heterocycles. The molecule has 0 bridgehead atoms. The summed E-state index contributed by atoms with van der Waals surface area (Å²) in [6, 6.07) is 16.7. The highest BCUT2D eigenvalue weighted by molar-refractivity contribution is 6.30. The third kappa shape index (κ3) is 4.31. The Hall–Kier alpha value is -2.79. The zero-order valence-electron chi connectivity index (χ0n) is 15.6. The number of methoxy groups -OCH3 is 1. The number of halogens is 1. The lowest BCUT2D eigenvalue weighted by Crippen LogP contribution is -2.33. The average Bonchev–Trinajstić information content (AvgIpc) is 3.13. The molecule has 1 aromatic heterocycles. The molecule has 1 unspecified atom stereocenters. The summed E-state index contributed by atoms with van der Waals surface area (Å²) < 4.78 is 6.83. The molecule has 140 valence electrons. The highest BCUT2D eigenvalue weighted by Crippen LogP contribution is 2.25. The molecule has 27 heavy (non-hydrogen) atoms. The number of carbonyl (C=O) groups excluding carboxylic acids is 1. The van der Waals surface area contributed by atoms with E-state index in [9.17, 15) is 4.79 Å². The second-order valence-electron chi connectivity index (χ2n) is 6.32. The molecule has 0 saturated carbocycles. The number of rotatable bonds is 6. The van der Waals surface area contributed by atoms with E-state index in [0.29, 0.717) is 16.4 Å². The maximum absolute atomic E-state index is 12.8. The van der Waals surface area contributed by atoms with Crippen molar-refractivity contribution >= 4 is 17.5 Å². The van der Waals surface area contributed by atoms with Crippen LogP contribution in [0.1, 0.15) is 30.8 Å². The Labute approximate surface area is 163 Å². The summed E-state index contributed by atoms with van der Waals surface area (Å²) in [4.78, 5) is 12.8. The van der Waals surface area contributed by atoms with Gasteiger partial charge in [-0.2, -0.15) is 5.10 Å². The molecular weight excluding hydrogens is 362 g/mol. The first-order chi connectivity index (χ1) is 13.0. The van der Waals surface area contributed by atoms with Crippen molar-refractivity contribution in [3.8, 4) is 22.7 Å². The fourth-order valence-electron chi connectivity index (χ4n) is 2.65. The lowest BCUT2D eigenvalue weighted by atomic mass is 10.1. The largest absolute Gasteiger partial charge is 0.497 e. The zero-order chi connectivity index (χ0) is 19.4. The second-order valence-corrected chi connectivity index (χ2v) is 6.75. The Morgan fingerprint density at radius 1 is 1.22 bits per heavy atom. The second kappa shape index (κ2) is 8.27. The van der Waals surface area contributed by atoms with Gasteiger partial charge >= 0.3 is 0 Å². The molecule has 0 radical (unpaired) electrons. The van der Waals surface area contributed by atoms with Gasteiger partial charge in [-0.3, -0.25) is 4.79 Å². The first-order valence-electron chi connectivity index (χ1n) is 8.83. The molecular formula is C21H22ClN3O2. The van der Waals surface area contributed by atoms with Gasteiger partial charge < -0.3 is 10.1 Å². The van der Waals surface area contributed by atoms with Crippen molar-refractivity contribution in [1.82, 2.24) is 15.1 Å². The van der Waals surface area contributed by atoms with E-state index in [2.05, 4.69) is 10.4 Å². The molecule has 1 atom stereocenters. The Morgan fingerprint density at radius 3 is 2.59 bits per heavy atom. The molecule has 0 aliphatic rings. The van der Waals surface area contributed by atoms with Gasteiger partial charge in [0.15, 0.2) is 0 Å². The van der Waals surface area contributed by atoms with E-state index < -0.39 is 0 Å². The number of nitrogens with zero attached hydrogens (tertiary/aromatic N) is 2. The van der Waals surface area contributed by atoms with E-state index in [1.165, 1.54) is 0 Å². The van der Waals surface area contributed by atoms with Crippen molar-refractivity contribution in [1.29, 1.82) is 0 Å². The monoisotopic (exact) mass is 383 g/mol. The van der Waals surface area contributed by atoms with Crippen molar-refractivity contribution in [2.24, 2.45) is 0 Å². The van der Waals surface area contributed by atoms with Gasteiger partial charge in [-0.25, -0.2) is 4.68 Å². The van der Waals surface area contributed by atoms with Gasteiger partial charge in [-0.1, -0.05) is 24.6 Å². The number of nitrogens with one attached hydrogen (secondary N) is 1. The first-order valence-corrected chi connectivity index (χ1v) is 9.21. The normalized spacial score (nSPS) is 11.9. The van der Waals surface area contributed by atoms with Crippen molar-refractivity contribution in [2.75, 3.05) is 7.11 Å². The molecule has 5 nitrogen and oxygen atoms in total. The first kappa shape index (κ1) is 19.0. The highest BCUT2D eigenvalue weighted by Gasteiger charge is 2.19. The van der Waals surface area contributed by atoms with E-state index in [0.717, 1.165) is 23.4 Å². The molecule has 6 heteroatoms. The summed E-state index contributed by atoms with van der Waals surface area (Å²) in [5.41, 5.74) is 2.79. The van der Waals surface area contributed by atoms with Crippen molar-refractivity contribution in [3.63, 3.8) is 0 Å². The van der Waals surface area contributed by atoms with E-state index in [1.807, 2.05) is 50.2 Å². The third-order valence-electron chi connectivity index (χ3n) is 4.37. The molecule has 0 aliphatic carbocycles. The van der Waals surface area contributed by atoms with Gasteiger partial charge in [-0.15, -0.1) is 0 Å². The number of hydrogen-bond acceptors (Lipinski definition) is 3. The van der Waals surface area contributed by atoms with E-state index in [-0.39, 0.29) is 11.9 Å². The zero-order valence-corrected chi connectivity index (χ0v) is 16.3. The summed E-state index contributed by atoms with van der Waals surface area (Å²) in [5.74, 6) is 0.597. The van der Waals surface area contributed by atoms with Crippen molar-refractivity contribution in [3.05, 3.63) is 65.3 Å². The number of ether oxygens (including phenoxy) is 1. The average molecular weight is 384 g/mol. The van der Waals surface area contributed by atoms with Crippen LogP contribution in [0.25, 0.3) is 16.9 Å². The minimum absolute atomic E-state index is 0.0737. The molecule has 3 aromatic rings. The van der Waals surface area contributed by atoms with Crippen LogP contribution in [-0.2, 0) is 0 Å². The minimum Gasteiger partial charge on any atom is -0.497 e. The van der Waals surface area contributed by atoms with Crippen LogP contribution in [0, 0.1) is 0 Å². The summed E-state index contributed by atoms with van der Waals surface area (Å²) in [5, 5.41) is 8.24. The number of carbonyl (C=O) groups is 1. The molecule has 0 fully saturated rings. The highest BCUT2D eigenvalue weighted by atomic mass is 35.5. The fraction of sp³-hybridized carbons (Fsp3) is 0.238. The number of hydrogen-bond donors (Lipinski definition) is 1. The van der Waals surface area contributed by atoms with Crippen LogP contribution in [0.3, 0.4) is 0 Å². The molecule has 0 saturated heterocycles. The van der Waals surface area contributed by atoms with Gasteiger partial charge in [0.1, 0.15) is 11.4 Å². The SMILES string of the molecule is CCC(C)NC(=O)c1cc(-c2ccc(OC)cc2)nn1-c1cccc(Cl)c1. The standard InChI is InChI=1S/C21H22ClN3O2/c1-4-14(2)23-21(26)20-13-19(15-8-10-18(27-3)11-9-15)24-25(20)17-7-5-6-16(22)12-17/h5-14H,4H2,1-3H3,(H,23,26). The smallest absolute Gasteiger partial charge is 0.270 e. The maximum Gasteiger partial charge on any atom is 0.270 e. The van der Waals surface area contributed by atoms with Gasteiger partial charge in [0.25, 0.3) is 5.91 Å². The van der Waals surface area contributed by atoms with Gasteiger partial charge in [0, 0.05) is 16.6 Å². The summed E-state index contributed by atoms with van der Waals surface area (Å²) >= 11 is 6.14. The predicted octanol–water partition coefficient (Wildman–Crippen LogP) is 4.73. The quantitative estimate of drug-likeness (QED) is 0.669.